The fourth-order valence-electron chi connectivity index (χ4n) is 1.13. The SMILES string of the molecule is C=[C]c1cc(OC(F)(F)F)ccc1OCC. The van der Waals surface area contributed by atoms with E-state index in [1.807, 2.05) is 0 Å². The third-order valence-corrected chi connectivity index (χ3v) is 1.67. The molecule has 16 heavy (non-hydrogen) atoms. The first kappa shape index (κ1) is 12.4. The van der Waals surface area contributed by atoms with Crippen molar-refractivity contribution in [2.45, 2.75) is 13.3 Å². The van der Waals surface area contributed by atoms with E-state index in [9.17, 15) is 13.2 Å². The molecule has 1 rings (SSSR count). The average Bonchev–Trinajstić information content (AvgIpc) is 2.18. The summed E-state index contributed by atoms with van der Waals surface area (Å²) in [4.78, 5) is 0. The van der Waals surface area contributed by atoms with E-state index >= 15 is 0 Å². The molecule has 2 nitrogen and oxygen atoms in total. The fraction of sp³-hybridized carbons (Fsp3) is 0.273. The molecule has 0 saturated carbocycles. The molecule has 0 heterocycles. The minimum atomic E-state index is -4.70. The zero-order valence-corrected chi connectivity index (χ0v) is 8.60. The van der Waals surface area contributed by atoms with Gasteiger partial charge in [-0.2, -0.15) is 0 Å². The molecule has 0 unspecified atom stereocenters. The molecule has 0 atom stereocenters. The summed E-state index contributed by atoms with van der Waals surface area (Å²) in [5, 5.41) is 0. The predicted molar refractivity (Wildman–Crippen MR) is 52.3 cm³/mol. The van der Waals surface area contributed by atoms with Crippen molar-refractivity contribution in [2.75, 3.05) is 6.61 Å². The van der Waals surface area contributed by atoms with Crippen molar-refractivity contribution in [1.82, 2.24) is 0 Å². The van der Waals surface area contributed by atoms with Crippen LogP contribution in [0, 0.1) is 6.08 Å². The molecule has 0 saturated heterocycles. The summed E-state index contributed by atoms with van der Waals surface area (Å²) in [6, 6.07) is 3.74. The maximum Gasteiger partial charge on any atom is 0.573 e. The number of halogens is 3. The second kappa shape index (κ2) is 4.92. The third kappa shape index (κ3) is 3.49. The highest BCUT2D eigenvalue weighted by Crippen LogP contribution is 2.28. The molecule has 0 N–H and O–H groups in total. The van der Waals surface area contributed by atoms with Crippen molar-refractivity contribution in [2.24, 2.45) is 0 Å². The molecule has 1 aromatic carbocycles. The zero-order valence-electron chi connectivity index (χ0n) is 8.60. The van der Waals surface area contributed by atoms with Crippen LogP contribution >= 0.6 is 0 Å². The van der Waals surface area contributed by atoms with Crippen molar-refractivity contribution in [3.63, 3.8) is 0 Å². The summed E-state index contributed by atoms with van der Waals surface area (Å²) in [6.07, 6.45) is -2.22. The lowest BCUT2D eigenvalue weighted by molar-refractivity contribution is -0.274. The molecule has 0 amide bonds. The molecular formula is C11H10F3O2. The highest BCUT2D eigenvalue weighted by atomic mass is 19.4. The Hall–Kier alpha value is -1.65. The molecule has 0 aliphatic carbocycles. The van der Waals surface area contributed by atoms with E-state index in [4.69, 9.17) is 4.74 Å². The Balaban J connectivity index is 2.95. The van der Waals surface area contributed by atoms with Crippen molar-refractivity contribution >= 4 is 0 Å². The Labute approximate surface area is 91.3 Å². The maximum atomic E-state index is 11.9. The van der Waals surface area contributed by atoms with Gasteiger partial charge in [-0.05, 0) is 31.2 Å². The van der Waals surface area contributed by atoms with Crippen LogP contribution in [0.3, 0.4) is 0 Å². The van der Waals surface area contributed by atoms with Crippen LogP contribution in [0.1, 0.15) is 12.5 Å². The van der Waals surface area contributed by atoms with Crippen molar-refractivity contribution < 1.29 is 22.6 Å². The lowest BCUT2D eigenvalue weighted by Gasteiger charge is -2.11. The van der Waals surface area contributed by atoms with Crippen molar-refractivity contribution in [3.8, 4) is 11.5 Å². The summed E-state index contributed by atoms with van der Waals surface area (Å²) in [5.41, 5.74) is 0.337. The van der Waals surface area contributed by atoms with Gasteiger partial charge in [-0.15, -0.1) is 13.2 Å². The second-order valence-electron chi connectivity index (χ2n) is 2.82. The first-order chi connectivity index (χ1) is 7.46. The van der Waals surface area contributed by atoms with Gasteiger partial charge in [-0.1, -0.05) is 6.58 Å². The standard InChI is InChI=1S/C11H10F3O2/c1-3-8-7-9(16-11(12,13)14)5-6-10(8)15-4-2/h5-7H,1,4H2,2H3. The van der Waals surface area contributed by atoms with Crippen LogP contribution in [0.25, 0.3) is 0 Å². The first-order valence-electron chi connectivity index (χ1n) is 4.52. The predicted octanol–water partition coefficient (Wildman–Crippen LogP) is 3.32. The lowest BCUT2D eigenvalue weighted by Crippen LogP contribution is -2.17. The Bertz CT molecular complexity index is 372. The fourth-order valence-corrected chi connectivity index (χ4v) is 1.13. The molecule has 1 radical (unpaired) electrons. The van der Waals surface area contributed by atoms with E-state index in [2.05, 4.69) is 17.4 Å². The summed E-state index contributed by atoms with van der Waals surface area (Å²) < 4.78 is 44.7. The molecule has 0 fully saturated rings. The number of alkyl halides is 3. The maximum absolute atomic E-state index is 11.9. The van der Waals surface area contributed by atoms with E-state index in [-0.39, 0.29) is 5.75 Å². The molecule has 0 aliphatic heterocycles. The van der Waals surface area contributed by atoms with Crippen LogP contribution in [0.15, 0.2) is 24.8 Å². The highest BCUT2D eigenvalue weighted by Gasteiger charge is 2.31. The minimum absolute atomic E-state index is 0.317. The summed E-state index contributed by atoms with van der Waals surface area (Å²) in [5.74, 6) is 0.106. The minimum Gasteiger partial charge on any atom is -0.493 e. The molecule has 1 aromatic rings. The Morgan fingerprint density at radius 2 is 2.06 bits per heavy atom. The van der Waals surface area contributed by atoms with E-state index in [1.54, 1.807) is 6.92 Å². The van der Waals surface area contributed by atoms with Crippen LogP contribution in [0.2, 0.25) is 0 Å². The summed E-state index contributed by atoms with van der Waals surface area (Å²) >= 11 is 0. The second-order valence-corrected chi connectivity index (χ2v) is 2.82. The van der Waals surface area contributed by atoms with Gasteiger partial charge in [-0.3, -0.25) is 0 Å². The quantitative estimate of drug-likeness (QED) is 0.791. The van der Waals surface area contributed by atoms with Gasteiger partial charge >= 0.3 is 6.36 Å². The van der Waals surface area contributed by atoms with Gasteiger partial charge in [0.1, 0.15) is 11.5 Å². The van der Waals surface area contributed by atoms with E-state index in [1.165, 1.54) is 18.2 Å². The Morgan fingerprint density at radius 3 is 2.56 bits per heavy atom. The number of hydrogen-bond acceptors (Lipinski definition) is 2. The molecule has 0 aliphatic rings. The van der Waals surface area contributed by atoms with E-state index in [0.717, 1.165) is 0 Å². The molecule has 87 valence electrons. The normalized spacial score (nSPS) is 11.0. The van der Waals surface area contributed by atoms with Gasteiger partial charge in [-0.25, -0.2) is 0 Å². The van der Waals surface area contributed by atoms with Gasteiger partial charge in [0.05, 0.1) is 6.61 Å². The number of hydrogen-bond donors (Lipinski definition) is 0. The molecule has 0 bridgehead atoms. The van der Waals surface area contributed by atoms with Crippen LogP contribution in [-0.4, -0.2) is 13.0 Å². The van der Waals surface area contributed by atoms with Crippen LogP contribution in [-0.2, 0) is 0 Å². The van der Waals surface area contributed by atoms with Crippen molar-refractivity contribution in [3.05, 3.63) is 36.4 Å². The van der Waals surface area contributed by atoms with Crippen LogP contribution in [0.5, 0.6) is 11.5 Å². The van der Waals surface area contributed by atoms with Crippen LogP contribution < -0.4 is 9.47 Å². The smallest absolute Gasteiger partial charge is 0.493 e. The van der Waals surface area contributed by atoms with E-state index in [0.29, 0.717) is 17.9 Å². The summed E-state index contributed by atoms with van der Waals surface area (Å²) in [6.45, 7) is 5.55. The van der Waals surface area contributed by atoms with E-state index < -0.39 is 6.36 Å². The molecule has 0 spiro atoms. The van der Waals surface area contributed by atoms with Gasteiger partial charge in [0.2, 0.25) is 0 Å². The molecule has 5 heteroatoms. The highest BCUT2D eigenvalue weighted by molar-refractivity contribution is 5.43. The lowest BCUT2D eigenvalue weighted by atomic mass is 10.2. The van der Waals surface area contributed by atoms with Crippen LogP contribution in [0.4, 0.5) is 13.2 Å². The molecular weight excluding hydrogens is 221 g/mol. The Kier molecular flexibility index (Phi) is 3.82. The average molecular weight is 231 g/mol. The summed E-state index contributed by atoms with van der Waals surface area (Å²) in [7, 11) is 0. The van der Waals surface area contributed by atoms with Crippen molar-refractivity contribution in [1.29, 1.82) is 0 Å². The van der Waals surface area contributed by atoms with Gasteiger partial charge in [0.15, 0.2) is 0 Å². The third-order valence-electron chi connectivity index (χ3n) is 1.67. The molecule has 0 aromatic heterocycles. The first-order valence-corrected chi connectivity index (χ1v) is 4.52. The topological polar surface area (TPSA) is 18.5 Å². The Morgan fingerprint density at radius 1 is 1.38 bits per heavy atom. The zero-order chi connectivity index (χ0) is 12.2. The number of ether oxygens (including phenoxy) is 2. The largest absolute Gasteiger partial charge is 0.573 e. The number of benzene rings is 1. The van der Waals surface area contributed by atoms with Gasteiger partial charge < -0.3 is 9.47 Å². The van der Waals surface area contributed by atoms with Gasteiger partial charge in [0, 0.05) is 5.56 Å². The van der Waals surface area contributed by atoms with Gasteiger partial charge in [0.25, 0.3) is 0 Å². The monoisotopic (exact) mass is 231 g/mol. The number of rotatable bonds is 4.